The molecule has 0 saturated heterocycles. The van der Waals surface area contributed by atoms with E-state index in [2.05, 4.69) is 45.4 Å². The van der Waals surface area contributed by atoms with E-state index in [1.54, 1.807) is 18.1 Å². The van der Waals surface area contributed by atoms with Gasteiger partial charge >= 0.3 is 0 Å². The number of hydrogen-bond acceptors (Lipinski definition) is 4. The van der Waals surface area contributed by atoms with Crippen LogP contribution in [-0.4, -0.2) is 52.9 Å². The second kappa shape index (κ2) is 9.08. The van der Waals surface area contributed by atoms with Crippen molar-refractivity contribution in [2.75, 3.05) is 27.2 Å². The second-order valence-electron chi connectivity index (χ2n) is 7.55. The van der Waals surface area contributed by atoms with E-state index < -0.39 is 0 Å². The Labute approximate surface area is 167 Å². The summed E-state index contributed by atoms with van der Waals surface area (Å²) < 4.78 is 7.26. The van der Waals surface area contributed by atoms with Crippen LogP contribution in [0.15, 0.2) is 35.6 Å². The smallest absolute Gasteiger partial charge is 0.194 e. The summed E-state index contributed by atoms with van der Waals surface area (Å²) in [6.07, 6.45) is 6.41. The Morgan fingerprint density at radius 1 is 1.36 bits per heavy atom. The molecule has 1 N–H and O–H groups in total. The third-order valence-electron chi connectivity index (χ3n) is 5.65. The Morgan fingerprint density at radius 3 is 2.79 bits per heavy atom. The lowest BCUT2D eigenvalue weighted by Gasteiger charge is -2.30. The minimum absolute atomic E-state index is 0.0842. The van der Waals surface area contributed by atoms with Gasteiger partial charge in [0.15, 0.2) is 5.96 Å². The van der Waals surface area contributed by atoms with Crippen LogP contribution in [-0.2, 0) is 19.0 Å². The van der Waals surface area contributed by atoms with Crippen LogP contribution in [0.5, 0.6) is 5.75 Å². The Bertz CT molecular complexity index is 794. The van der Waals surface area contributed by atoms with Crippen LogP contribution in [0.1, 0.15) is 44.0 Å². The maximum atomic E-state index is 5.46. The van der Waals surface area contributed by atoms with Crippen LogP contribution < -0.4 is 10.1 Å². The lowest BCUT2D eigenvalue weighted by atomic mass is 9.79. The van der Waals surface area contributed by atoms with E-state index in [4.69, 9.17) is 9.73 Å². The van der Waals surface area contributed by atoms with Gasteiger partial charge in [0.25, 0.3) is 0 Å². The van der Waals surface area contributed by atoms with Crippen LogP contribution in [0.4, 0.5) is 0 Å². The van der Waals surface area contributed by atoms with Crippen molar-refractivity contribution in [3.05, 3.63) is 42.0 Å². The summed E-state index contributed by atoms with van der Waals surface area (Å²) in [6, 6.07) is 8.49. The van der Waals surface area contributed by atoms with Crippen LogP contribution in [0.2, 0.25) is 0 Å². The first-order valence-corrected chi connectivity index (χ1v) is 10.0. The molecule has 0 bridgehead atoms. The number of aliphatic imine (C=N–C) groups is 1. The third kappa shape index (κ3) is 4.46. The summed E-state index contributed by atoms with van der Waals surface area (Å²) in [7, 11) is 5.68. The molecule has 0 spiro atoms. The van der Waals surface area contributed by atoms with Crippen molar-refractivity contribution >= 4 is 5.96 Å². The van der Waals surface area contributed by atoms with Gasteiger partial charge in [-0.05, 0) is 37.5 Å². The van der Waals surface area contributed by atoms with E-state index in [1.807, 2.05) is 20.2 Å². The number of nitrogens with one attached hydrogen (secondary N) is 1. The molecule has 152 valence electrons. The number of methoxy groups -OCH3 is 1. The third-order valence-corrected chi connectivity index (χ3v) is 5.65. The monoisotopic (exact) mass is 384 g/mol. The predicted octanol–water partition coefficient (Wildman–Crippen LogP) is 2.73. The molecular weight excluding hydrogens is 352 g/mol. The van der Waals surface area contributed by atoms with Gasteiger partial charge in [-0.2, -0.15) is 5.10 Å². The summed E-state index contributed by atoms with van der Waals surface area (Å²) in [5.41, 5.74) is 1.42. The molecule has 0 aliphatic heterocycles. The van der Waals surface area contributed by atoms with Crippen LogP contribution in [0.3, 0.4) is 0 Å². The first kappa shape index (κ1) is 20.2. The van der Waals surface area contributed by atoms with E-state index in [0.29, 0.717) is 6.54 Å². The van der Waals surface area contributed by atoms with E-state index in [-0.39, 0.29) is 5.41 Å². The van der Waals surface area contributed by atoms with Gasteiger partial charge in [0.05, 0.1) is 20.2 Å². The number of rotatable bonds is 7. The van der Waals surface area contributed by atoms with Crippen molar-refractivity contribution in [3.63, 3.8) is 0 Å². The first-order chi connectivity index (χ1) is 13.6. The van der Waals surface area contributed by atoms with Gasteiger partial charge in [0.1, 0.15) is 17.9 Å². The van der Waals surface area contributed by atoms with Gasteiger partial charge in [0, 0.05) is 26.1 Å². The molecule has 0 unspecified atom stereocenters. The molecule has 0 radical (unpaired) electrons. The predicted molar refractivity (Wildman–Crippen MR) is 112 cm³/mol. The van der Waals surface area contributed by atoms with Crippen molar-refractivity contribution in [2.24, 2.45) is 12.0 Å². The van der Waals surface area contributed by atoms with Crippen molar-refractivity contribution in [1.82, 2.24) is 25.0 Å². The molecule has 1 aromatic heterocycles. The minimum atomic E-state index is 0.0842. The quantitative estimate of drug-likeness (QED) is 0.587. The lowest BCUT2D eigenvalue weighted by Crippen LogP contribution is -2.40. The molecule has 0 atom stereocenters. The fraction of sp³-hybridized carbons (Fsp3) is 0.571. The largest absolute Gasteiger partial charge is 0.497 e. The van der Waals surface area contributed by atoms with E-state index >= 15 is 0 Å². The zero-order chi connectivity index (χ0) is 20.0. The topological polar surface area (TPSA) is 67.6 Å². The fourth-order valence-electron chi connectivity index (χ4n) is 3.99. The van der Waals surface area contributed by atoms with Crippen LogP contribution in [0, 0.1) is 0 Å². The van der Waals surface area contributed by atoms with Crippen LogP contribution in [0.25, 0.3) is 0 Å². The van der Waals surface area contributed by atoms with E-state index in [1.165, 1.54) is 18.4 Å². The number of hydrogen-bond donors (Lipinski definition) is 1. The highest BCUT2D eigenvalue weighted by Gasteiger charge is 2.36. The molecule has 1 heterocycles. The molecule has 3 rings (SSSR count). The molecule has 1 aliphatic carbocycles. The van der Waals surface area contributed by atoms with Gasteiger partial charge in [-0.3, -0.25) is 9.67 Å². The maximum absolute atomic E-state index is 5.46. The first-order valence-electron chi connectivity index (χ1n) is 10.0. The summed E-state index contributed by atoms with van der Waals surface area (Å²) in [6.45, 7) is 4.35. The molecule has 2 aromatic rings. The van der Waals surface area contributed by atoms with E-state index in [0.717, 1.165) is 43.5 Å². The highest BCUT2D eigenvalue weighted by molar-refractivity contribution is 5.79. The lowest BCUT2D eigenvalue weighted by molar-refractivity contribution is 0.405. The zero-order valence-electron chi connectivity index (χ0n) is 17.5. The number of nitrogens with zero attached hydrogens (tertiary/aromatic N) is 5. The SMILES string of the molecule is CCNC(=NCC1(c2cccc(OC)c2)CCCC1)N(C)Cc1ncnn1C. The average Bonchev–Trinajstić information content (AvgIpc) is 3.35. The molecular formula is C21H32N6O. The van der Waals surface area contributed by atoms with Crippen molar-refractivity contribution in [1.29, 1.82) is 0 Å². The normalized spacial score (nSPS) is 16.2. The Balaban J connectivity index is 1.81. The molecule has 1 saturated carbocycles. The molecule has 7 nitrogen and oxygen atoms in total. The highest BCUT2D eigenvalue weighted by atomic mass is 16.5. The van der Waals surface area contributed by atoms with Crippen molar-refractivity contribution < 1.29 is 4.74 Å². The minimum Gasteiger partial charge on any atom is -0.497 e. The number of aromatic nitrogens is 3. The second-order valence-corrected chi connectivity index (χ2v) is 7.55. The Kier molecular flexibility index (Phi) is 6.54. The van der Waals surface area contributed by atoms with Crippen molar-refractivity contribution in [2.45, 2.75) is 44.6 Å². The number of aryl methyl sites for hydroxylation is 1. The maximum Gasteiger partial charge on any atom is 0.194 e. The highest BCUT2D eigenvalue weighted by Crippen LogP contribution is 2.42. The Morgan fingerprint density at radius 2 is 2.14 bits per heavy atom. The van der Waals surface area contributed by atoms with Gasteiger partial charge in [-0.15, -0.1) is 0 Å². The van der Waals surface area contributed by atoms with Gasteiger partial charge < -0.3 is 15.0 Å². The summed E-state index contributed by atoms with van der Waals surface area (Å²) in [5, 5.41) is 7.58. The summed E-state index contributed by atoms with van der Waals surface area (Å²) in [4.78, 5) is 11.5. The average molecular weight is 385 g/mol. The molecule has 0 amide bonds. The van der Waals surface area contributed by atoms with Gasteiger partial charge in [0.2, 0.25) is 0 Å². The summed E-state index contributed by atoms with van der Waals surface area (Å²) >= 11 is 0. The fourth-order valence-corrected chi connectivity index (χ4v) is 3.99. The van der Waals surface area contributed by atoms with Crippen LogP contribution >= 0.6 is 0 Å². The molecule has 1 fully saturated rings. The molecule has 7 heteroatoms. The number of benzene rings is 1. The zero-order valence-corrected chi connectivity index (χ0v) is 17.5. The molecule has 28 heavy (non-hydrogen) atoms. The van der Waals surface area contributed by atoms with E-state index in [9.17, 15) is 0 Å². The van der Waals surface area contributed by atoms with Crippen molar-refractivity contribution in [3.8, 4) is 5.75 Å². The standard InChI is InChI=1S/C21H32N6O/c1-5-22-20(26(2)14-19-24-16-25-27(19)3)23-15-21(11-6-7-12-21)17-9-8-10-18(13-17)28-4/h8-10,13,16H,5-7,11-12,14-15H2,1-4H3,(H,22,23). The molecule has 1 aromatic carbocycles. The summed E-state index contributed by atoms with van der Waals surface area (Å²) in [5.74, 6) is 2.73. The van der Waals surface area contributed by atoms with Gasteiger partial charge in [-0.1, -0.05) is 25.0 Å². The number of ether oxygens (including phenoxy) is 1. The Hall–Kier alpha value is -2.57. The number of guanidine groups is 1. The molecule has 1 aliphatic rings. The van der Waals surface area contributed by atoms with Gasteiger partial charge in [-0.25, -0.2) is 4.98 Å².